The van der Waals surface area contributed by atoms with Crippen molar-refractivity contribution in [1.82, 2.24) is 10.2 Å². The van der Waals surface area contributed by atoms with Crippen LogP contribution in [0.5, 0.6) is 0 Å². The van der Waals surface area contributed by atoms with Gasteiger partial charge in [-0.05, 0) is 74.9 Å². The Hall–Kier alpha value is -3.14. The minimum absolute atomic E-state index is 0.0463. The summed E-state index contributed by atoms with van der Waals surface area (Å²) in [5.41, 5.74) is 0.611. The second-order valence-corrected chi connectivity index (χ2v) is 11.6. The van der Waals surface area contributed by atoms with Crippen molar-refractivity contribution in [2.75, 3.05) is 10.8 Å². The van der Waals surface area contributed by atoms with Gasteiger partial charge in [-0.25, -0.2) is 12.8 Å². The Morgan fingerprint density at radius 2 is 1.58 bits per heavy atom. The predicted octanol–water partition coefficient (Wildman–Crippen LogP) is 5.27. The molecule has 0 aliphatic rings. The lowest BCUT2D eigenvalue weighted by atomic mass is 10.1. The van der Waals surface area contributed by atoms with Crippen molar-refractivity contribution < 1.29 is 22.4 Å². The van der Waals surface area contributed by atoms with Gasteiger partial charge in [0.15, 0.2) is 0 Å². The molecule has 0 unspecified atom stereocenters. The van der Waals surface area contributed by atoms with Gasteiger partial charge in [-0.3, -0.25) is 13.9 Å². The summed E-state index contributed by atoms with van der Waals surface area (Å²) in [6.45, 7) is 4.40. The molecule has 0 saturated carbocycles. The summed E-state index contributed by atoms with van der Waals surface area (Å²) < 4.78 is 41.8. The molecular formula is C27H28Cl2FN3O4S. The van der Waals surface area contributed by atoms with Crippen molar-refractivity contribution in [3.8, 4) is 0 Å². The average Bonchev–Trinajstić information content (AvgIpc) is 2.87. The minimum atomic E-state index is -4.23. The smallest absolute Gasteiger partial charge is 0.264 e. The van der Waals surface area contributed by atoms with Crippen LogP contribution in [0.15, 0.2) is 77.7 Å². The zero-order valence-corrected chi connectivity index (χ0v) is 23.4. The highest BCUT2D eigenvalue weighted by Gasteiger charge is 2.33. The second-order valence-electron chi connectivity index (χ2n) is 8.90. The van der Waals surface area contributed by atoms with Crippen LogP contribution in [0, 0.1) is 5.82 Å². The number of carbonyl (C=O) groups is 2. The molecule has 0 aromatic heterocycles. The van der Waals surface area contributed by atoms with E-state index < -0.39 is 40.2 Å². The minimum Gasteiger partial charge on any atom is -0.352 e. The highest BCUT2D eigenvalue weighted by atomic mass is 35.5. The van der Waals surface area contributed by atoms with Crippen LogP contribution in [0.2, 0.25) is 10.0 Å². The van der Waals surface area contributed by atoms with E-state index in [-0.39, 0.29) is 23.2 Å². The highest BCUT2D eigenvalue weighted by molar-refractivity contribution is 7.92. The van der Waals surface area contributed by atoms with E-state index in [2.05, 4.69) is 5.32 Å². The molecule has 2 amide bonds. The van der Waals surface area contributed by atoms with Crippen LogP contribution in [0.25, 0.3) is 0 Å². The average molecular weight is 581 g/mol. The fourth-order valence-corrected chi connectivity index (χ4v) is 5.58. The number of nitrogens with zero attached hydrogens (tertiary/aromatic N) is 2. The molecule has 0 bridgehead atoms. The molecule has 0 spiro atoms. The van der Waals surface area contributed by atoms with Crippen molar-refractivity contribution in [3.63, 3.8) is 0 Å². The molecule has 0 aliphatic carbocycles. The topological polar surface area (TPSA) is 86.8 Å². The second kappa shape index (κ2) is 12.6. The van der Waals surface area contributed by atoms with Crippen LogP contribution in [0.1, 0.15) is 26.3 Å². The molecule has 3 aromatic carbocycles. The van der Waals surface area contributed by atoms with Crippen LogP contribution in [0.3, 0.4) is 0 Å². The number of halogens is 3. The molecule has 7 nitrogen and oxygen atoms in total. The zero-order valence-electron chi connectivity index (χ0n) is 21.1. The van der Waals surface area contributed by atoms with Crippen LogP contribution in [-0.4, -0.2) is 43.8 Å². The maximum absolute atomic E-state index is 13.8. The first-order valence-corrected chi connectivity index (χ1v) is 14.0. The highest BCUT2D eigenvalue weighted by Crippen LogP contribution is 2.26. The van der Waals surface area contributed by atoms with Gasteiger partial charge in [-0.15, -0.1) is 0 Å². The molecule has 38 heavy (non-hydrogen) atoms. The van der Waals surface area contributed by atoms with Crippen molar-refractivity contribution in [2.45, 2.75) is 44.3 Å². The van der Waals surface area contributed by atoms with Gasteiger partial charge in [-0.1, -0.05) is 47.5 Å². The fraction of sp³-hybridized carbons (Fsp3) is 0.259. The summed E-state index contributed by atoms with van der Waals surface area (Å²) >= 11 is 12.4. The van der Waals surface area contributed by atoms with Crippen molar-refractivity contribution in [3.05, 3.63) is 94.2 Å². The third-order valence-electron chi connectivity index (χ3n) is 5.68. The van der Waals surface area contributed by atoms with Gasteiger partial charge in [-0.2, -0.15) is 0 Å². The Bertz CT molecular complexity index is 1390. The van der Waals surface area contributed by atoms with Gasteiger partial charge in [0.2, 0.25) is 11.8 Å². The Morgan fingerprint density at radius 3 is 2.16 bits per heavy atom. The predicted molar refractivity (Wildman–Crippen MR) is 147 cm³/mol. The molecule has 0 aliphatic heterocycles. The quantitative estimate of drug-likeness (QED) is 0.354. The fourth-order valence-electron chi connectivity index (χ4n) is 3.68. The van der Waals surface area contributed by atoms with E-state index >= 15 is 0 Å². The molecule has 3 rings (SSSR count). The first kappa shape index (κ1) is 29.4. The summed E-state index contributed by atoms with van der Waals surface area (Å²) in [6.07, 6.45) is 0. The van der Waals surface area contributed by atoms with E-state index in [1.807, 2.05) is 0 Å². The summed E-state index contributed by atoms with van der Waals surface area (Å²) in [5.74, 6) is -1.64. The molecular weight excluding hydrogens is 552 g/mol. The SMILES string of the molecule is CC(C)NC(=O)[C@H](C)N(Cc1ccc(Cl)cc1Cl)C(=O)CN(c1ccc(F)cc1)S(=O)(=O)c1ccccc1. The largest absolute Gasteiger partial charge is 0.352 e. The lowest BCUT2D eigenvalue weighted by Gasteiger charge is -2.32. The normalized spacial score (nSPS) is 12.2. The van der Waals surface area contributed by atoms with E-state index in [0.29, 0.717) is 15.6 Å². The number of benzene rings is 3. The summed E-state index contributed by atoms with van der Waals surface area (Å²) in [7, 11) is -4.23. The van der Waals surface area contributed by atoms with Gasteiger partial charge in [0.1, 0.15) is 18.4 Å². The monoisotopic (exact) mass is 579 g/mol. The standard InChI is InChI=1S/C27H28Cl2FN3O4S/c1-18(2)31-27(35)19(3)32(16-20-9-10-21(28)15-25(20)29)26(34)17-33(23-13-11-22(30)12-14-23)38(36,37)24-7-5-4-6-8-24/h4-15,18-19H,16-17H2,1-3H3,(H,31,35)/t19-/m0/s1. The number of rotatable bonds is 10. The number of hydrogen-bond acceptors (Lipinski definition) is 4. The summed E-state index contributed by atoms with van der Waals surface area (Å²) in [5, 5.41) is 3.47. The van der Waals surface area contributed by atoms with E-state index in [1.54, 1.807) is 51.1 Å². The maximum Gasteiger partial charge on any atom is 0.264 e. The Balaban J connectivity index is 2.03. The van der Waals surface area contributed by atoms with Crippen molar-refractivity contribution >= 4 is 50.7 Å². The lowest BCUT2D eigenvalue weighted by molar-refractivity contribution is -0.139. The van der Waals surface area contributed by atoms with Crippen LogP contribution in [0.4, 0.5) is 10.1 Å². The molecule has 11 heteroatoms. The van der Waals surface area contributed by atoms with Gasteiger partial charge < -0.3 is 10.2 Å². The Kier molecular flexibility index (Phi) is 9.76. The number of sulfonamides is 1. The first-order valence-electron chi connectivity index (χ1n) is 11.8. The number of anilines is 1. The Morgan fingerprint density at radius 1 is 0.947 bits per heavy atom. The summed E-state index contributed by atoms with van der Waals surface area (Å²) in [6, 6.07) is 16.0. The van der Waals surface area contributed by atoms with Crippen LogP contribution >= 0.6 is 23.2 Å². The third-order valence-corrected chi connectivity index (χ3v) is 8.05. The molecule has 0 fully saturated rings. The van der Waals surface area contributed by atoms with Crippen molar-refractivity contribution in [1.29, 1.82) is 0 Å². The number of carbonyl (C=O) groups excluding carboxylic acids is 2. The van der Waals surface area contributed by atoms with E-state index in [4.69, 9.17) is 23.2 Å². The van der Waals surface area contributed by atoms with Gasteiger partial charge >= 0.3 is 0 Å². The maximum atomic E-state index is 13.8. The first-order chi connectivity index (χ1) is 17.9. The third kappa shape index (κ3) is 7.24. The van der Waals surface area contributed by atoms with Crippen molar-refractivity contribution in [2.24, 2.45) is 0 Å². The number of amides is 2. The Labute approximate surface area is 232 Å². The van der Waals surface area contributed by atoms with E-state index in [1.165, 1.54) is 35.2 Å². The summed E-state index contributed by atoms with van der Waals surface area (Å²) in [4.78, 5) is 27.9. The van der Waals surface area contributed by atoms with Crippen LogP contribution in [-0.2, 0) is 26.2 Å². The molecule has 1 atom stereocenters. The molecule has 0 saturated heterocycles. The van der Waals surface area contributed by atoms with Gasteiger partial charge in [0.05, 0.1) is 10.6 Å². The molecule has 1 N–H and O–H groups in total. The molecule has 0 heterocycles. The van der Waals surface area contributed by atoms with Gasteiger partial charge in [0.25, 0.3) is 10.0 Å². The van der Waals surface area contributed by atoms with Crippen LogP contribution < -0.4 is 9.62 Å². The zero-order chi connectivity index (χ0) is 28.0. The number of nitrogens with one attached hydrogen (secondary N) is 1. The van der Waals surface area contributed by atoms with E-state index in [9.17, 15) is 22.4 Å². The lowest BCUT2D eigenvalue weighted by Crippen LogP contribution is -2.52. The number of hydrogen-bond donors (Lipinski definition) is 1. The van der Waals surface area contributed by atoms with E-state index in [0.717, 1.165) is 16.4 Å². The van der Waals surface area contributed by atoms with Gasteiger partial charge in [0, 0.05) is 22.6 Å². The molecule has 202 valence electrons. The molecule has 3 aromatic rings. The molecule has 0 radical (unpaired) electrons.